The maximum atomic E-state index is 12.3. The molecule has 1 amide bonds. The Kier molecular flexibility index (Phi) is 5.36. The fourth-order valence-corrected chi connectivity index (χ4v) is 3.78. The number of aryl methyl sites for hydroxylation is 2. The zero-order valence-electron chi connectivity index (χ0n) is 16.0. The fourth-order valence-electron chi connectivity index (χ4n) is 3.78. The number of carbonyl (C=O) groups is 1. The third kappa shape index (κ3) is 3.62. The third-order valence-electron chi connectivity index (χ3n) is 5.26. The zero-order valence-corrected chi connectivity index (χ0v) is 16.0. The van der Waals surface area contributed by atoms with Gasteiger partial charge in [0.1, 0.15) is 12.1 Å². The van der Waals surface area contributed by atoms with Crippen LogP contribution in [0.25, 0.3) is 5.69 Å². The summed E-state index contributed by atoms with van der Waals surface area (Å²) in [4.78, 5) is 12.3. The molecule has 1 saturated carbocycles. The van der Waals surface area contributed by atoms with Crippen LogP contribution in [0.4, 0.5) is 0 Å². The Morgan fingerprint density at radius 3 is 2.73 bits per heavy atom. The van der Waals surface area contributed by atoms with Gasteiger partial charge in [0.15, 0.2) is 5.82 Å². The van der Waals surface area contributed by atoms with Crippen molar-refractivity contribution in [1.82, 2.24) is 25.5 Å². The van der Waals surface area contributed by atoms with Crippen LogP contribution in [0.15, 0.2) is 18.2 Å². The van der Waals surface area contributed by atoms with Gasteiger partial charge in [0, 0.05) is 7.11 Å². The predicted octanol–water partition coefficient (Wildman–Crippen LogP) is 2.45. The van der Waals surface area contributed by atoms with Gasteiger partial charge in [-0.2, -0.15) is 4.68 Å². The molecule has 7 heteroatoms. The second-order valence-corrected chi connectivity index (χ2v) is 7.45. The average molecular weight is 357 g/mol. The molecule has 26 heavy (non-hydrogen) atoms. The largest absolute Gasteiger partial charge is 0.375 e. The predicted molar refractivity (Wildman–Crippen MR) is 98.0 cm³/mol. The lowest BCUT2D eigenvalue weighted by Gasteiger charge is -2.38. The molecule has 0 saturated heterocycles. The summed E-state index contributed by atoms with van der Waals surface area (Å²) >= 11 is 0. The fraction of sp³-hybridized carbons (Fsp3) is 0.579. The molecule has 7 nitrogen and oxygen atoms in total. The summed E-state index contributed by atoms with van der Waals surface area (Å²) in [7, 11) is 1.52. The molecule has 1 aliphatic carbocycles. The van der Waals surface area contributed by atoms with Crippen molar-refractivity contribution in [3.8, 4) is 5.69 Å². The van der Waals surface area contributed by atoms with E-state index in [4.69, 9.17) is 4.74 Å². The summed E-state index contributed by atoms with van der Waals surface area (Å²) in [6.07, 6.45) is 3.67. The molecule has 3 rings (SSSR count). The molecule has 2 aromatic rings. The van der Waals surface area contributed by atoms with Crippen LogP contribution in [-0.4, -0.2) is 39.8 Å². The van der Waals surface area contributed by atoms with Crippen LogP contribution >= 0.6 is 0 Å². The van der Waals surface area contributed by atoms with Gasteiger partial charge in [-0.1, -0.05) is 24.6 Å². The van der Waals surface area contributed by atoms with Crippen molar-refractivity contribution in [3.63, 3.8) is 0 Å². The number of hydrogen-bond donors (Lipinski definition) is 1. The molecule has 0 radical (unpaired) electrons. The SMILES string of the molecule is COCC(=O)NC1(c2nnnn2-c2ccc(C)cc2C)CCC(C)CC1. The van der Waals surface area contributed by atoms with Gasteiger partial charge in [-0.05, 0) is 67.5 Å². The first-order valence-corrected chi connectivity index (χ1v) is 9.11. The number of benzene rings is 1. The number of hydrogen-bond acceptors (Lipinski definition) is 5. The number of carbonyl (C=O) groups excluding carboxylic acids is 1. The minimum absolute atomic E-state index is 0.0302. The summed E-state index contributed by atoms with van der Waals surface area (Å²) in [5, 5.41) is 15.7. The van der Waals surface area contributed by atoms with Gasteiger partial charge in [0.25, 0.3) is 0 Å². The summed E-state index contributed by atoms with van der Waals surface area (Å²) < 4.78 is 6.78. The van der Waals surface area contributed by atoms with E-state index in [0.717, 1.165) is 36.9 Å². The lowest BCUT2D eigenvalue weighted by Crippen LogP contribution is -2.50. The van der Waals surface area contributed by atoms with E-state index in [9.17, 15) is 4.79 Å². The van der Waals surface area contributed by atoms with Crippen LogP contribution in [0, 0.1) is 19.8 Å². The van der Waals surface area contributed by atoms with Crippen LogP contribution in [-0.2, 0) is 15.1 Å². The quantitative estimate of drug-likeness (QED) is 0.889. The lowest BCUT2D eigenvalue weighted by molar-refractivity contribution is -0.127. The second-order valence-electron chi connectivity index (χ2n) is 7.45. The average Bonchev–Trinajstić information content (AvgIpc) is 3.07. The van der Waals surface area contributed by atoms with E-state index in [0.29, 0.717) is 11.7 Å². The number of aromatic nitrogens is 4. The van der Waals surface area contributed by atoms with Crippen molar-refractivity contribution < 1.29 is 9.53 Å². The Morgan fingerprint density at radius 1 is 1.35 bits per heavy atom. The summed E-state index contributed by atoms with van der Waals surface area (Å²) in [6, 6.07) is 6.19. The number of nitrogens with zero attached hydrogens (tertiary/aromatic N) is 4. The standard InChI is InChI=1S/C19H27N5O2/c1-13-7-9-19(10-8-13,20-17(25)12-26-4)18-21-22-23-24(18)16-6-5-14(2)11-15(16)3/h5-6,11,13H,7-10,12H2,1-4H3,(H,20,25). The molecule has 0 bridgehead atoms. The molecule has 1 aliphatic rings. The van der Waals surface area contributed by atoms with Crippen molar-refractivity contribution in [2.24, 2.45) is 5.92 Å². The first kappa shape index (κ1) is 18.5. The van der Waals surface area contributed by atoms with Gasteiger partial charge in [0.05, 0.1) is 5.69 Å². The molecule has 0 aliphatic heterocycles. The van der Waals surface area contributed by atoms with Crippen LogP contribution in [0.1, 0.15) is 49.6 Å². The maximum Gasteiger partial charge on any atom is 0.246 e. The monoisotopic (exact) mass is 357 g/mol. The Labute approximate surface area is 154 Å². The molecular formula is C19H27N5O2. The van der Waals surface area contributed by atoms with E-state index in [1.165, 1.54) is 12.7 Å². The Bertz CT molecular complexity index is 778. The van der Waals surface area contributed by atoms with E-state index in [-0.39, 0.29) is 12.5 Å². The highest BCUT2D eigenvalue weighted by Gasteiger charge is 2.42. The van der Waals surface area contributed by atoms with Crippen LogP contribution in [0.3, 0.4) is 0 Å². The Morgan fingerprint density at radius 2 is 2.08 bits per heavy atom. The number of nitrogens with one attached hydrogen (secondary N) is 1. The molecule has 0 unspecified atom stereocenters. The second kappa shape index (κ2) is 7.53. The first-order chi connectivity index (χ1) is 12.4. The Hall–Kier alpha value is -2.28. The van der Waals surface area contributed by atoms with Gasteiger partial charge in [-0.15, -0.1) is 5.10 Å². The van der Waals surface area contributed by atoms with E-state index in [1.54, 1.807) is 4.68 Å². The highest BCUT2D eigenvalue weighted by atomic mass is 16.5. The smallest absolute Gasteiger partial charge is 0.246 e. The molecule has 0 atom stereocenters. The van der Waals surface area contributed by atoms with E-state index in [1.807, 2.05) is 19.1 Å². The molecule has 1 aromatic heterocycles. The van der Waals surface area contributed by atoms with E-state index >= 15 is 0 Å². The molecule has 1 aromatic carbocycles. The highest BCUT2D eigenvalue weighted by molar-refractivity contribution is 5.78. The van der Waals surface area contributed by atoms with Gasteiger partial charge in [-0.3, -0.25) is 4.79 Å². The minimum atomic E-state index is -0.567. The van der Waals surface area contributed by atoms with Crippen molar-refractivity contribution in [2.45, 2.75) is 52.0 Å². The zero-order chi connectivity index (χ0) is 18.7. The van der Waals surface area contributed by atoms with E-state index < -0.39 is 5.54 Å². The lowest BCUT2D eigenvalue weighted by atomic mass is 9.76. The van der Waals surface area contributed by atoms with Crippen molar-refractivity contribution in [1.29, 1.82) is 0 Å². The van der Waals surface area contributed by atoms with Crippen molar-refractivity contribution in [2.75, 3.05) is 13.7 Å². The number of amides is 1. The molecule has 0 spiro atoms. The molecular weight excluding hydrogens is 330 g/mol. The number of ether oxygens (including phenoxy) is 1. The number of tetrazole rings is 1. The van der Waals surface area contributed by atoms with E-state index in [2.05, 4.69) is 40.8 Å². The topological polar surface area (TPSA) is 81.9 Å². The summed E-state index contributed by atoms with van der Waals surface area (Å²) in [5.74, 6) is 1.19. The summed E-state index contributed by atoms with van der Waals surface area (Å²) in [6.45, 7) is 6.38. The molecule has 1 fully saturated rings. The summed E-state index contributed by atoms with van der Waals surface area (Å²) in [5.41, 5.74) is 2.66. The third-order valence-corrected chi connectivity index (χ3v) is 5.26. The van der Waals surface area contributed by atoms with Crippen molar-refractivity contribution >= 4 is 5.91 Å². The van der Waals surface area contributed by atoms with Crippen molar-refractivity contribution in [3.05, 3.63) is 35.2 Å². The van der Waals surface area contributed by atoms with Gasteiger partial charge in [0.2, 0.25) is 5.91 Å². The van der Waals surface area contributed by atoms with Gasteiger partial charge < -0.3 is 10.1 Å². The molecule has 140 valence electrons. The maximum absolute atomic E-state index is 12.3. The molecule has 1 N–H and O–H groups in total. The Balaban J connectivity index is 2.03. The van der Waals surface area contributed by atoms with Crippen LogP contribution < -0.4 is 5.32 Å². The normalized spacial score (nSPS) is 23.0. The number of methoxy groups -OCH3 is 1. The highest BCUT2D eigenvalue weighted by Crippen LogP contribution is 2.39. The first-order valence-electron chi connectivity index (χ1n) is 9.11. The van der Waals surface area contributed by atoms with Crippen LogP contribution in [0.5, 0.6) is 0 Å². The minimum Gasteiger partial charge on any atom is -0.375 e. The number of rotatable bonds is 5. The van der Waals surface area contributed by atoms with Gasteiger partial charge >= 0.3 is 0 Å². The van der Waals surface area contributed by atoms with Crippen LogP contribution in [0.2, 0.25) is 0 Å². The molecule has 1 heterocycles. The van der Waals surface area contributed by atoms with Gasteiger partial charge in [-0.25, -0.2) is 0 Å².